The second-order valence-corrected chi connectivity index (χ2v) is 6.45. The number of rotatable bonds is 2. The van der Waals surface area contributed by atoms with Crippen LogP contribution in [0.5, 0.6) is 5.75 Å². The van der Waals surface area contributed by atoms with Crippen molar-refractivity contribution in [3.8, 4) is 5.75 Å². The van der Waals surface area contributed by atoms with Gasteiger partial charge in [0.2, 0.25) is 5.91 Å². The second-order valence-electron chi connectivity index (χ2n) is 6.45. The van der Waals surface area contributed by atoms with E-state index < -0.39 is 0 Å². The Balaban J connectivity index is 1.57. The number of hydrogen-bond acceptors (Lipinski definition) is 4. The molecule has 134 valence electrons. The van der Waals surface area contributed by atoms with E-state index in [0.717, 1.165) is 11.1 Å². The number of halogens is 1. The van der Waals surface area contributed by atoms with Crippen molar-refractivity contribution in [2.45, 2.75) is 19.4 Å². The molecule has 7 heteroatoms. The number of fused-ring (bicyclic) bond motifs is 2. The fourth-order valence-corrected chi connectivity index (χ4v) is 3.55. The van der Waals surface area contributed by atoms with Crippen LogP contribution in [-0.2, 0) is 16.0 Å². The third kappa shape index (κ3) is 2.79. The lowest BCUT2D eigenvalue weighted by atomic mass is 9.93. The Kier molecular flexibility index (Phi) is 4.06. The summed E-state index contributed by atoms with van der Waals surface area (Å²) < 4.78 is 19.0. The Labute approximate surface area is 150 Å². The molecule has 2 amide bonds. The zero-order valence-corrected chi connectivity index (χ0v) is 14.3. The van der Waals surface area contributed by atoms with E-state index in [1.807, 2.05) is 6.92 Å². The normalized spacial score (nSPS) is 18.8. The summed E-state index contributed by atoms with van der Waals surface area (Å²) in [4.78, 5) is 32.4. The summed E-state index contributed by atoms with van der Waals surface area (Å²) in [5, 5.41) is 0. The number of pyridine rings is 1. The maximum absolute atomic E-state index is 13.6. The maximum Gasteiger partial charge on any atom is 0.266 e. The third-order valence-corrected chi connectivity index (χ3v) is 4.92. The molecule has 4 rings (SSSR count). The van der Waals surface area contributed by atoms with Crippen molar-refractivity contribution in [1.29, 1.82) is 0 Å². The van der Waals surface area contributed by atoms with Crippen LogP contribution in [0.3, 0.4) is 0 Å². The second kappa shape index (κ2) is 6.40. The average Bonchev–Trinajstić information content (AvgIpc) is 2.65. The fourth-order valence-electron chi connectivity index (χ4n) is 3.55. The van der Waals surface area contributed by atoms with Crippen LogP contribution in [0, 0.1) is 5.82 Å². The van der Waals surface area contributed by atoms with Gasteiger partial charge in [-0.1, -0.05) is 6.07 Å². The van der Waals surface area contributed by atoms with Gasteiger partial charge >= 0.3 is 0 Å². The van der Waals surface area contributed by atoms with Crippen molar-refractivity contribution < 1.29 is 18.7 Å². The van der Waals surface area contributed by atoms with E-state index in [-0.39, 0.29) is 36.8 Å². The van der Waals surface area contributed by atoms with Gasteiger partial charge in [0.15, 0.2) is 18.2 Å². The molecule has 2 aromatic rings. The highest BCUT2D eigenvalue weighted by molar-refractivity contribution is 6.01. The molecule has 0 N–H and O–H groups in total. The summed E-state index contributed by atoms with van der Waals surface area (Å²) in [6.45, 7) is 2.19. The summed E-state index contributed by atoms with van der Waals surface area (Å²) >= 11 is 0. The molecule has 0 bridgehead atoms. The molecular weight excluding hydrogens is 337 g/mol. The minimum absolute atomic E-state index is 0.110. The summed E-state index contributed by atoms with van der Waals surface area (Å²) in [5.74, 6) is 0.0264. The highest BCUT2D eigenvalue weighted by atomic mass is 19.1. The molecular formula is C19H18FN3O3. The maximum atomic E-state index is 13.6. The van der Waals surface area contributed by atoms with Crippen LogP contribution in [0.15, 0.2) is 36.5 Å². The van der Waals surface area contributed by atoms with Crippen molar-refractivity contribution in [3.05, 3.63) is 53.5 Å². The fraction of sp³-hybridized carbons (Fsp3) is 0.316. The van der Waals surface area contributed by atoms with Gasteiger partial charge in [0.25, 0.3) is 5.91 Å². The molecule has 0 fully saturated rings. The van der Waals surface area contributed by atoms with E-state index in [2.05, 4.69) is 4.98 Å². The molecule has 1 unspecified atom stereocenters. The smallest absolute Gasteiger partial charge is 0.266 e. The number of anilines is 1. The van der Waals surface area contributed by atoms with E-state index in [4.69, 9.17) is 4.74 Å². The Morgan fingerprint density at radius 2 is 2.23 bits per heavy atom. The van der Waals surface area contributed by atoms with Crippen molar-refractivity contribution in [3.63, 3.8) is 0 Å². The van der Waals surface area contributed by atoms with Crippen LogP contribution in [0.1, 0.15) is 24.1 Å². The summed E-state index contributed by atoms with van der Waals surface area (Å²) in [5.41, 5.74) is 1.87. The summed E-state index contributed by atoms with van der Waals surface area (Å²) in [6, 6.07) is 7.88. The van der Waals surface area contributed by atoms with Gasteiger partial charge in [0, 0.05) is 12.7 Å². The zero-order chi connectivity index (χ0) is 18.3. The molecule has 2 aliphatic heterocycles. The van der Waals surface area contributed by atoms with Gasteiger partial charge in [0.05, 0.1) is 6.04 Å². The van der Waals surface area contributed by atoms with Crippen LogP contribution in [0.25, 0.3) is 0 Å². The largest absolute Gasteiger partial charge is 0.480 e. The van der Waals surface area contributed by atoms with Gasteiger partial charge in [-0.15, -0.1) is 0 Å². The zero-order valence-electron chi connectivity index (χ0n) is 14.3. The van der Waals surface area contributed by atoms with Gasteiger partial charge in [-0.2, -0.15) is 0 Å². The third-order valence-electron chi connectivity index (χ3n) is 4.92. The summed E-state index contributed by atoms with van der Waals surface area (Å²) in [6.07, 6.45) is 2.22. The Morgan fingerprint density at radius 3 is 3.08 bits per heavy atom. The average molecular weight is 355 g/mol. The van der Waals surface area contributed by atoms with Crippen molar-refractivity contribution in [2.75, 3.05) is 24.6 Å². The molecule has 0 saturated carbocycles. The first-order valence-electron chi connectivity index (χ1n) is 8.50. The van der Waals surface area contributed by atoms with Gasteiger partial charge in [-0.05, 0) is 48.7 Å². The first-order valence-corrected chi connectivity index (χ1v) is 8.50. The number of aromatic nitrogens is 1. The number of carbonyl (C=O) groups excluding carboxylic acids is 2. The molecule has 1 aromatic heterocycles. The molecule has 0 spiro atoms. The van der Waals surface area contributed by atoms with Gasteiger partial charge in [0.1, 0.15) is 12.4 Å². The monoisotopic (exact) mass is 355 g/mol. The first kappa shape index (κ1) is 16.5. The lowest BCUT2D eigenvalue weighted by molar-refractivity contribution is -0.134. The molecule has 1 aromatic carbocycles. The Hall–Kier alpha value is -2.96. The van der Waals surface area contributed by atoms with Crippen LogP contribution >= 0.6 is 0 Å². The highest BCUT2D eigenvalue weighted by Gasteiger charge is 2.33. The van der Waals surface area contributed by atoms with Crippen LogP contribution in [0.2, 0.25) is 0 Å². The van der Waals surface area contributed by atoms with E-state index in [9.17, 15) is 14.0 Å². The summed E-state index contributed by atoms with van der Waals surface area (Å²) in [7, 11) is 0. The van der Waals surface area contributed by atoms with Crippen molar-refractivity contribution in [1.82, 2.24) is 9.88 Å². The number of hydrogen-bond donors (Lipinski definition) is 0. The van der Waals surface area contributed by atoms with E-state index in [1.54, 1.807) is 29.3 Å². The SMILES string of the molecule is CC1c2cc(F)ccc2CCN1C(=O)CN1C(=O)COc2cccnc21. The topological polar surface area (TPSA) is 62.7 Å². The molecule has 6 nitrogen and oxygen atoms in total. The number of benzene rings is 1. The minimum atomic E-state index is -0.314. The number of carbonyl (C=O) groups is 2. The standard InChI is InChI=1S/C19H18FN3O3/c1-12-15-9-14(20)5-4-13(15)6-8-22(12)17(24)10-23-18(25)11-26-16-3-2-7-21-19(16)23/h2-5,7,9,12H,6,8,10-11H2,1H3. The predicted octanol–water partition coefficient (Wildman–Crippen LogP) is 2.09. The van der Waals surface area contributed by atoms with Gasteiger partial charge in [-0.3, -0.25) is 14.5 Å². The highest BCUT2D eigenvalue weighted by Crippen LogP contribution is 2.32. The van der Waals surface area contributed by atoms with Crippen LogP contribution < -0.4 is 9.64 Å². The molecule has 2 aliphatic rings. The lowest BCUT2D eigenvalue weighted by Crippen LogP contribution is -2.48. The van der Waals surface area contributed by atoms with Crippen molar-refractivity contribution in [2.24, 2.45) is 0 Å². The number of ether oxygens (including phenoxy) is 1. The number of amides is 2. The van der Waals surface area contributed by atoms with E-state index in [0.29, 0.717) is 24.5 Å². The lowest BCUT2D eigenvalue weighted by Gasteiger charge is -2.37. The molecule has 1 atom stereocenters. The Morgan fingerprint density at radius 1 is 1.38 bits per heavy atom. The molecule has 0 radical (unpaired) electrons. The Bertz CT molecular complexity index is 886. The van der Waals surface area contributed by atoms with Gasteiger partial charge in [-0.25, -0.2) is 9.37 Å². The van der Waals surface area contributed by atoms with Crippen molar-refractivity contribution >= 4 is 17.6 Å². The molecule has 0 saturated heterocycles. The minimum Gasteiger partial charge on any atom is -0.480 e. The molecule has 0 aliphatic carbocycles. The van der Waals surface area contributed by atoms with Gasteiger partial charge < -0.3 is 9.64 Å². The number of nitrogens with zero attached hydrogens (tertiary/aromatic N) is 3. The van der Waals surface area contributed by atoms with Crippen LogP contribution in [-0.4, -0.2) is 41.4 Å². The van der Waals surface area contributed by atoms with E-state index in [1.165, 1.54) is 17.0 Å². The quantitative estimate of drug-likeness (QED) is 0.828. The van der Waals surface area contributed by atoms with Crippen LogP contribution in [0.4, 0.5) is 10.2 Å². The molecule has 26 heavy (non-hydrogen) atoms. The first-order chi connectivity index (χ1) is 12.5. The molecule has 3 heterocycles. The van der Waals surface area contributed by atoms with E-state index >= 15 is 0 Å². The predicted molar refractivity (Wildman–Crippen MR) is 92.3 cm³/mol.